The number of benzene rings is 1. The summed E-state index contributed by atoms with van der Waals surface area (Å²) in [6.07, 6.45) is 0. The quantitative estimate of drug-likeness (QED) is 0.762. The Morgan fingerprint density at radius 2 is 1.67 bits per heavy atom. The van der Waals surface area contributed by atoms with E-state index in [4.69, 9.17) is 5.73 Å². The van der Waals surface area contributed by atoms with E-state index in [1.807, 2.05) is 20.8 Å². The average molecular weight is 249 g/mol. The van der Waals surface area contributed by atoms with Crippen LogP contribution < -0.4 is 16.4 Å². The second-order valence-electron chi connectivity index (χ2n) is 4.57. The first-order chi connectivity index (χ1) is 8.40. The van der Waals surface area contributed by atoms with Gasteiger partial charge in [0.05, 0.1) is 0 Å². The average Bonchev–Trinajstić information content (AvgIpc) is 2.28. The van der Waals surface area contributed by atoms with Crippen LogP contribution in [0.4, 0.5) is 10.5 Å². The van der Waals surface area contributed by atoms with Crippen molar-refractivity contribution in [3.63, 3.8) is 0 Å². The Kier molecular flexibility index (Phi) is 4.71. The molecule has 3 amide bonds. The molecule has 1 atom stereocenters. The third-order valence-electron chi connectivity index (χ3n) is 2.77. The van der Waals surface area contributed by atoms with Crippen LogP contribution in [0.2, 0.25) is 0 Å². The van der Waals surface area contributed by atoms with E-state index < -0.39 is 6.03 Å². The predicted molar refractivity (Wildman–Crippen MR) is 71.4 cm³/mol. The van der Waals surface area contributed by atoms with Gasteiger partial charge in [-0.2, -0.15) is 0 Å². The number of nitrogens with two attached hydrogens (primary N) is 1. The van der Waals surface area contributed by atoms with E-state index in [0.717, 1.165) is 0 Å². The molecule has 5 heteroatoms. The van der Waals surface area contributed by atoms with Gasteiger partial charge in [0.15, 0.2) is 0 Å². The van der Waals surface area contributed by atoms with E-state index >= 15 is 0 Å². The van der Waals surface area contributed by atoms with Gasteiger partial charge >= 0.3 is 6.03 Å². The number of anilines is 1. The first kappa shape index (κ1) is 14.0. The molecule has 0 heterocycles. The molecular weight excluding hydrogens is 230 g/mol. The predicted octanol–water partition coefficient (Wildman–Crippen LogP) is 1.95. The van der Waals surface area contributed by atoms with Crippen molar-refractivity contribution in [3.05, 3.63) is 29.8 Å². The van der Waals surface area contributed by atoms with Crippen LogP contribution in [-0.4, -0.2) is 18.0 Å². The standard InChI is InChI=1S/C13H19N3O2/c1-8(2)9(3)15-12(17)10-4-6-11(7-5-10)16-13(14)18/h4-9H,1-3H3,(H,15,17)(H3,14,16,18). The Hall–Kier alpha value is -2.04. The molecule has 1 unspecified atom stereocenters. The molecule has 5 nitrogen and oxygen atoms in total. The highest BCUT2D eigenvalue weighted by atomic mass is 16.2. The van der Waals surface area contributed by atoms with Gasteiger partial charge in [-0.05, 0) is 37.1 Å². The number of carbonyl (C=O) groups excluding carboxylic acids is 2. The zero-order chi connectivity index (χ0) is 13.7. The van der Waals surface area contributed by atoms with E-state index in [9.17, 15) is 9.59 Å². The van der Waals surface area contributed by atoms with Crippen molar-refractivity contribution >= 4 is 17.6 Å². The molecule has 0 saturated heterocycles. The molecule has 0 aliphatic heterocycles. The lowest BCUT2D eigenvalue weighted by atomic mass is 10.1. The molecule has 0 aliphatic carbocycles. The molecule has 1 rings (SSSR count). The number of carbonyl (C=O) groups is 2. The van der Waals surface area contributed by atoms with Gasteiger partial charge in [0.1, 0.15) is 0 Å². The summed E-state index contributed by atoms with van der Waals surface area (Å²) in [6, 6.07) is 6.06. The highest BCUT2D eigenvalue weighted by Gasteiger charge is 2.12. The number of primary amides is 1. The van der Waals surface area contributed by atoms with E-state index in [2.05, 4.69) is 10.6 Å². The van der Waals surface area contributed by atoms with Crippen LogP contribution in [0.25, 0.3) is 0 Å². The minimum absolute atomic E-state index is 0.112. The fourth-order valence-electron chi connectivity index (χ4n) is 1.30. The number of nitrogens with one attached hydrogen (secondary N) is 2. The summed E-state index contributed by atoms with van der Waals surface area (Å²) in [5.41, 5.74) is 6.11. The second-order valence-corrected chi connectivity index (χ2v) is 4.57. The van der Waals surface area contributed by atoms with Crippen molar-refractivity contribution in [1.82, 2.24) is 5.32 Å². The molecule has 18 heavy (non-hydrogen) atoms. The third kappa shape index (κ3) is 4.08. The minimum atomic E-state index is -0.624. The lowest BCUT2D eigenvalue weighted by molar-refractivity contribution is 0.0930. The third-order valence-corrected chi connectivity index (χ3v) is 2.77. The lowest BCUT2D eigenvalue weighted by Crippen LogP contribution is -2.36. The molecule has 98 valence electrons. The van der Waals surface area contributed by atoms with Crippen molar-refractivity contribution in [2.24, 2.45) is 11.7 Å². The monoisotopic (exact) mass is 249 g/mol. The summed E-state index contributed by atoms with van der Waals surface area (Å²) in [4.78, 5) is 22.5. The molecule has 0 bridgehead atoms. The van der Waals surface area contributed by atoms with Crippen molar-refractivity contribution in [2.45, 2.75) is 26.8 Å². The normalized spacial score (nSPS) is 12.0. The zero-order valence-electron chi connectivity index (χ0n) is 10.9. The van der Waals surface area contributed by atoms with Gasteiger partial charge in [0, 0.05) is 17.3 Å². The van der Waals surface area contributed by atoms with Gasteiger partial charge in [-0.3, -0.25) is 4.79 Å². The van der Waals surface area contributed by atoms with Crippen LogP contribution >= 0.6 is 0 Å². The Morgan fingerprint density at radius 3 is 2.11 bits per heavy atom. The molecular formula is C13H19N3O2. The maximum absolute atomic E-state index is 11.9. The van der Waals surface area contributed by atoms with Gasteiger partial charge in [0.25, 0.3) is 5.91 Å². The van der Waals surface area contributed by atoms with Gasteiger partial charge in [-0.1, -0.05) is 13.8 Å². The van der Waals surface area contributed by atoms with E-state index in [1.165, 1.54) is 0 Å². The van der Waals surface area contributed by atoms with E-state index in [0.29, 0.717) is 17.2 Å². The zero-order valence-corrected chi connectivity index (χ0v) is 10.9. The number of hydrogen-bond acceptors (Lipinski definition) is 2. The summed E-state index contributed by atoms with van der Waals surface area (Å²) < 4.78 is 0. The maximum Gasteiger partial charge on any atom is 0.316 e. The van der Waals surface area contributed by atoms with Crippen LogP contribution in [0.5, 0.6) is 0 Å². The fraction of sp³-hybridized carbons (Fsp3) is 0.385. The SMILES string of the molecule is CC(C)C(C)NC(=O)c1ccc(NC(N)=O)cc1. The van der Waals surface area contributed by atoms with Crippen molar-refractivity contribution in [1.29, 1.82) is 0 Å². The molecule has 0 fully saturated rings. The van der Waals surface area contributed by atoms with Crippen LogP contribution in [0.3, 0.4) is 0 Å². The Bertz CT molecular complexity index is 426. The number of urea groups is 1. The fourth-order valence-corrected chi connectivity index (χ4v) is 1.30. The first-order valence-corrected chi connectivity index (χ1v) is 5.87. The van der Waals surface area contributed by atoms with E-state index in [1.54, 1.807) is 24.3 Å². The number of hydrogen-bond donors (Lipinski definition) is 3. The van der Waals surface area contributed by atoms with Gasteiger partial charge in [-0.25, -0.2) is 4.79 Å². The lowest BCUT2D eigenvalue weighted by Gasteiger charge is -2.17. The summed E-state index contributed by atoms with van der Waals surface area (Å²) in [6.45, 7) is 6.06. The molecule has 0 saturated carbocycles. The minimum Gasteiger partial charge on any atom is -0.351 e. The first-order valence-electron chi connectivity index (χ1n) is 5.87. The highest BCUT2D eigenvalue weighted by Crippen LogP contribution is 2.10. The Labute approximate surface area is 107 Å². The van der Waals surface area contributed by atoms with Crippen molar-refractivity contribution < 1.29 is 9.59 Å². The Morgan fingerprint density at radius 1 is 1.11 bits per heavy atom. The Balaban J connectivity index is 2.67. The largest absolute Gasteiger partial charge is 0.351 e. The topological polar surface area (TPSA) is 84.2 Å². The highest BCUT2D eigenvalue weighted by molar-refractivity contribution is 5.95. The summed E-state index contributed by atoms with van der Waals surface area (Å²) in [5, 5.41) is 5.34. The van der Waals surface area contributed by atoms with E-state index in [-0.39, 0.29) is 11.9 Å². The number of amides is 3. The van der Waals surface area contributed by atoms with Crippen LogP contribution in [0, 0.1) is 5.92 Å². The summed E-state index contributed by atoms with van der Waals surface area (Å²) in [7, 11) is 0. The molecule has 1 aromatic carbocycles. The molecule has 0 spiro atoms. The van der Waals surface area contributed by atoms with Crippen LogP contribution in [0.15, 0.2) is 24.3 Å². The summed E-state index contributed by atoms with van der Waals surface area (Å²) >= 11 is 0. The second kappa shape index (κ2) is 6.05. The van der Waals surface area contributed by atoms with Gasteiger partial charge < -0.3 is 16.4 Å². The maximum atomic E-state index is 11.9. The van der Waals surface area contributed by atoms with Crippen molar-refractivity contribution in [2.75, 3.05) is 5.32 Å². The van der Waals surface area contributed by atoms with Crippen molar-refractivity contribution in [3.8, 4) is 0 Å². The molecule has 0 aliphatic rings. The van der Waals surface area contributed by atoms with Gasteiger partial charge in [-0.15, -0.1) is 0 Å². The van der Waals surface area contributed by atoms with Gasteiger partial charge in [0.2, 0.25) is 0 Å². The molecule has 0 aromatic heterocycles. The molecule has 1 aromatic rings. The smallest absolute Gasteiger partial charge is 0.316 e. The summed E-state index contributed by atoms with van der Waals surface area (Å²) in [5.74, 6) is 0.256. The van der Waals surface area contributed by atoms with Crippen LogP contribution in [-0.2, 0) is 0 Å². The molecule has 0 radical (unpaired) electrons. The number of rotatable bonds is 4. The molecule has 4 N–H and O–H groups in total. The van der Waals surface area contributed by atoms with Crippen LogP contribution in [0.1, 0.15) is 31.1 Å².